The van der Waals surface area contributed by atoms with Gasteiger partial charge in [0.2, 0.25) is 4.96 Å². The first kappa shape index (κ1) is 19.4. The maximum absolute atomic E-state index is 13.0. The van der Waals surface area contributed by atoms with Crippen LogP contribution >= 0.6 is 22.9 Å². The van der Waals surface area contributed by atoms with Crippen molar-refractivity contribution in [1.82, 2.24) is 14.6 Å². The quantitative estimate of drug-likeness (QED) is 0.468. The number of rotatable bonds is 6. The van der Waals surface area contributed by atoms with Gasteiger partial charge in [0.15, 0.2) is 17.3 Å². The molecular weight excluding hydrogens is 410 g/mol. The summed E-state index contributed by atoms with van der Waals surface area (Å²) in [7, 11) is 0. The van der Waals surface area contributed by atoms with Gasteiger partial charge in [0, 0.05) is 10.6 Å². The maximum atomic E-state index is 13.0. The Morgan fingerprint density at radius 1 is 1.03 bits per heavy atom. The van der Waals surface area contributed by atoms with E-state index in [2.05, 4.69) is 10.2 Å². The van der Waals surface area contributed by atoms with Gasteiger partial charge in [-0.1, -0.05) is 29.0 Å². The highest BCUT2D eigenvalue weighted by molar-refractivity contribution is 7.15. The summed E-state index contributed by atoms with van der Waals surface area (Å²) in [6.45, 7) is 4.92. The number of ether oxygens (including phenoxy) is 2. The third kappa shape index (κ3) is 3.83. The maximum Gasteiger partial charge on any atom is 0.276 e. The molecule has 0 aliphatic rings. The zero-order chi connectivity index (χ0) is 20.4. The van der Waals surface area contributed by atoms with Crippen LogP contribution in [0, 0.1) is 0 Å². The van der Waals surface area contributed by atoms with E-state index in [4.69, 9.17) is 21.1 Å². The number of halogens is 1. The van der Waals surface area contributed by atoms with E-state index >= 15 is 0 Å². The van der Waals surface area contributed by atoms with Crippen LogP contribution in [0.3, 0.4) is 0 Å². The highest BCUT2D eigenvalue weighted by Crippen LogP contribution is 2.29. The van der Waals surface area contributed by atoms with Gasteiger partial charge in [-0.2, -0.15) is 0 Å². The molecule has 0 atom stereocenters. The molecular formula is C21H18ClN3O3S. The molecule has 4 aromatic rings. The van der Waals surface area contributed by atoms with Gasteiger partial charge in [0.05, 0.1) is 17.7 Å². The molecule has 0 saturated heterocycles. The van der Waals surface area contributed by atoms with Crippen LogP contribution in [0.15, 0.2) is 47.3 Å². The molecule has 6 nitrogen and oxygen atoms in total. The lowest BCUT2D eigenvalue weighted by Gasteiger charge is -2.11. The summed E-state index contributed by atoms with van der Waals surface area (Å²) in [6.07, 6.45) is 1.82. The van der Waals surface area contributed by atoms with Crippen molar-refractivity contribution in [2.45, 2.75) is 13.8 Å². The van der Waals surface area contributed by atoms with Crippen LogP contribution in [0.2, 0.25) is 5.02 Å². The van der Waals surface area contributed by atoms with Crippen LogP contribution in [0.5, 0.6) is 11.5 Å². The number of benzene rings is 2. The molecule has 0 N–H and O–H groups in total. The minimum absolute atomic E-state index is 0.160. The molecule has 0 spiro atoms. The Balaban J connectivity index is 1.80. The third-order valence-corrected chi connectivity index (χ3v) is 5.43. The number of nitrogens with zero attached hydrogens (tertiary/aromatic N) is 3. The standard InChI is InChI=1S/C21H18ClN3O3S/c1-3-27-16-10-5-13(11-17(16)28-4-2)12-18-20(26)25-19(23-24-21(25)29-18)14-6-8-15(22)9-7-14/h5-12H,3-4H2,1-2H3/b18-12-. The van der Waals surface area contributed by atoms with Crippen molar-refractivity contribution in [3.63, 3.8) is 0 Å². The second-order valence-electron chi connectivity index (χ2n) is 6.14. The summed E-state index contributed by atoms with van der Waals surface area (Å²) in [4.78, 5) is 13.6. The predicted octanol–water partition coefficient (Wildman–Crippen LogP) is 3.82. The van der Waals surface area contributed by atoms with E-state index in [0.717, 1.165) is 11.1 Å². The minimum atomic E-state index is -0.160. The molecule has 2 aromatic carbocycles. The van der Waals surface area contributed by atoms with Crippen LogP contribution in [0.1, 0.15) is 19.4 Å². The molecule has 0 aliphatic heterocycles. The number of aromatic nitrogens is 3. The fraction of sp³-hybridized carbons (Fsp3) is 0.190. The first-order chi connectivity index (χ1) is 14.1. The zero-order valence-electron chi connectivity index (χ0n) is 15.9. The van der Waals surface area contributed by atoms with Crippen LogP contribution in [0.25, 0.3) is 22.4 Å². The molecule has 0 unspecified atom stereocenters. The zero-order valence-corrected chi connectivity index (χ0v) is 17.5. The first-order valence-corrected chi connectivity index (χ1v) is 10.4. The molecule has 2 heterocycles. The molecule has 0 bridgehead atoms. The highest BCUT2D eigenvalue weighted by Gasteiger charge is 2.14. The van der Waals surface area contributed by atoms with E-state index in [1.807, 2.05) is 50.3 Å². The number of hydrogen-bond acceptors (Lipinski definition) is 6. The SMILES string of the molecule is CCOc1ccc(/C=c2\sc3nnc(-c4ccc(Cl)cc4)n3c2=O)cc1OCC. The summed E-state index contributed by atoms with van der Waals surface area (Å²) in [5.74, 6) is 1.84. The van der Waals surface area contributed by atoms with Gasteiger partial charge < -0.3 is 9.47 Å². The van der Waals surface area contributed by atoms with E-state index in [1.165, 1.54) is 15.7 Å². The average molecular weight is 428 g/mol. The van der Waals surface area contributed by atoms with E-state index in [9.17, 15) is 4.79 Å². The Morgan fingerprint density at radius 3 is 2.48 bits per heavy atom. The van der Waals surface area contributed by atoms with Gasteiger partial charge in [-0.15, -0.1) is 10.2 Å². The van der Waals surface area contributed by atoms with Crippen molar-refractivity contribution in [2.75, 3.05) is 13.2 Å². The van der Waals surface area contributed by atoms with E-state index in [0.29, 0.717) is 45.1 Å². The Labute approximate surface area is 176 Å². The van der Waals surface area contributed by atoms with Gasteiger partial charge in [0.1, 0.15) is 0 Å². The molecule has 0 aliphatic carbocycles. The van der Waals surface area contributed by atoms with Crippen molar-refractivity contribution in [2.24, 2.45) is 0 Å². The Hall–Kier alpha value is -2.90. The molecule has 4 rings (SSSR count). The van der Waals surface area contributed by atoms with Crippen LogP contribution in [0.4, 0.5) is 0 Å². The van der Waals surface area contributed by atoms with E-state index < -0.39 is 0 Å². The summed E-state index contributed by atoms with van der Waals surface area (Å²) in [6, 6.07) is 12.8. The molecule has 0 amide bonds. The third-order valence-electron chi connectivity index (χ3n) is 4.22. The van der Waals surface area contributed by atoms with Crippen LogP contribution in [-0.2, 0) is 0 Å². The highest BCUT2D eigenvalue weighted by atomic mass is 35.5. The second-order valence-corrected chi connectivity index (χ2v) is 7.58. The Bertz CT molecular complexity index is 1270. The van der Waals surface area contributed by atoms with Gasteiger partial charge in [-0.3, -0.25) is 4.79 Å². The van der Waals surface area contributed by atoms with Crippen molar-refractivity contribution in [3.05, 3.63) is 67.9 Å². The van der Waals surface area contributed by atoms with Crippen molar-refractivity contribution in [1.29, 1.82) is 0 Å². The molecule has 0 fully saturated rings. The lowest BCUT2D eigenvalue weighted by Crippen LogP contribution is -2.23. The molecule has 0 saturated carbocycles. The molecule has 29 heavy (non-hydrogen) atoms. The van der Waals surface area contributed by atoms with Crippen molar-refractivity contribution >= 4 is 34.0 Å². The molecule has 0 radical (unpaired) electrons. The first-order valence-electron chi connectivity index (χ1n) is 9.16. The lowest BCUT2D eigenvalue weighted by atomic mass is 10.2. The summed E-state index contributed by atoms with van der Waals surface area (Å²) in [5, 5.41) is 8.95. The lowest BCUT2D eigenvalue weighted by molar-refractivity contribution is 0.287. The topological polar surface area (TPSA) is 65.7 Å². The Kier molecular flexibility index (Phi) is 5.51. The van der Waals surface area contributed by atoms with Crippen LogP contribution in [-0.4, -0.2) is 27.8 Å². The summed E-state index contributed by atoms with van der Waals surface area (Å²) >= 11 is 7.25. The Morgan fingerprint density at radius 2 is 1.76 bits per heavy atom. The van der Waals surface area contributed by atoms with Gasteiger partial charge in [-0.25, -0.2) is 4.40 Å². The fourth-order valence-corrected chi connectivity index (χ4v) is 4.00. The van der Waals surface area contributed by atoms with Gasteiger partial charge in [-0.05, 0) is 61.9 Å². The summed E-state index contributed by atoms with van der Waals surface area (Å²) in [5.41, 5.74) is 1.47. The smallest absolute Gasteiger partial charge is 0.276 e. The number of hydrogen-bond donors (Lipinski definition) is 0. The predicted molar refractivity (Wildman–Crippen MR) is 115 cm³/mol. The van der Waals surface area contributed by atoms with E-state index in [-0.39, 0.29) is 5.56 Å². The van der Waals surface area contributed by atoms with Gasteiger partial charge in [0.25, 0.3) is 5.56 Å². The second kappa shape index (κ2) is 8.23. The largest absolute Gasteiger partial charge is 0.490 e. The summed E-state index contributed by atoms with van der Waals surface area (Å²) < 4.78 is 13.4. The fourth-order valence-electron chi connectivity index (χ4n) is 2.96. The number of thiazole rings is 1. The normalized spacial score (nSPS) is 11.9. The van der Waals surface area contributed by atoms with Crippen molar-refractivity contribution in [3.8, 4) is 22.9 Å². The molecule has 8 heteroatoms. The molecule has 148 valence electrons. The van der Waals surface area contributed by atoms with Crippen LogP contribution < -0.4 is 19.6 Å². The van der Waals surface area contributed by atoms with Crippen molar-refractivity contribution < 1.29 is 9.47 Å². The molecule has 2 aromatic heterocycles. The monoisotopic (exact) mass is 427 g/mol. The minimum Gasteiger partial charge on any atom is -0.490 e. The van der Waals surface area contributed by atoms with E-state index in [1.54, 1.807) is 12.1 Å². The van der Waals surface area contributed by atoms with Gasteiger partial charge >= 0.3 is 0 Å². The average Bonchev–Trinajstić information content (AvgIpc) is 3.25. The number of fused-ring (bicyclic) bond motifs is 1.